The standard InChI is InChI=1S/C19H24N2O2/c1-14(2)22-18-7-5-4-6-17(18)21-11-10-16(13-21)23-19-9-8-15(3)12-20-19/h4-9,12,14,16H,10-11,13H2,1-3H3/t16-/m0/s1. The van der Waals surface area contributed by atoms with Gasteiger partial charge >= 0.3 is 0 Å². The van der Waals surface area contributed by atoms with Crippen LogP contribution >= 0.6 is 0 Å². The first-order chi connectivity index (χ1) is 11.1. The van der Waals surface area contributed by atoms with E-state index in [2.05, 4.69) is 35.9 Å². The molecule has 1 atom stereocenters. The lowest BCUT2D eigenvalue weighted by atomic mass is 10.2. The Bertz CT molecular complexity index is 640. The average Bonchev–Trinajstić information content (AvgIpc) is 2.98. The van der Waals surface area contributed by atoms with E-state index in [1.165, 1.54) is 0 Å². The number of hydrogen-bond acceptors (Lipinski definition) is 4. The Morgan fingerprint density at radius 2 is 2.00 bits per heavy atom. The zero-order chi connectivity index (χ0) is 16.2. The Morgan fingerprint density at radius 1 is 1.17 bits per heavy atom. The van der Waals surface area contributed by atoms with Gasteiger partial charge in [0.05, 0.1) is 18.3 Å². The van der Waals surface area contributed by atoms with Gasteiger partial charge in [-0.25, -0.2) is 4.98 Å². The van der Waals surface area contributed by atoms with Crippen LogP contribution < -0.4 is 14.4 Å². The molecule has 2 heterocycles. The van der Waals surface area contributed by atoms with E-state index in [0.717, 1.165) is 36.5 Å². The van der Waals surface area contributed by atoms with E-state index in [0.29, 0.717) is 5.88 Å². The monoisotopic (exact) mass is 312 g/mol. The Balaban J connectivity index is 1.66. The Hall–Kier alpha value is -2.23. The Morgan fingerprint density at radius 3 is 2.74 bits per heavy atom. The highest BCUT2D eigenvalue weighted by Crippen LogP contribution is 2.32. The third-order valence-electron chi connectivity index (χ3n) is 3.89. The molecule has 0 radical (unpaired) electrons. The maximum absolute atomic E-state index is 6.01. The van der Waals surface area contributed by atoms with Crippen molar-refractivity contribution >= 4 is 5.69 Å². The second-order valence-corrected chi connectivity index (χ2v) is 6.28. The molecule has 0 spiro atoms. The molecule has 1 aliphatic heterocycles. The molecule has 1 aromatic carbocycles. The van der Waals surface area contributed by atoms with Crippen molar-refractivity contribution in [2.24, 2.45) is 0 Å². The fourth-order valence-corrected chi connectivity index (χ4v) is 2.81. The summed E-state index contributed by atoms with van der Waals surface area (Å²) in [6, 6.07) is 12.2. The quantitative estimate of drug-likeness (QED) is 0.840. The normalized spacial score (nSPS) is 17.6. The van der Waals surface area contributed by atoms with E-state index in [4.69, 9.17) is 9.47 Å². The number of aromatic nitrogens is 1. The van der Waals surface area contributed by atoms with Gasteiger partial charge in [0, 0.05) is 25.2 Å². The van der Waals surface area contributed by atoms with Crippen LogP contribution in [0.5, 0.6) is 11.6 Å². The van der Waals surface area contributed by atoms with E-state index in [-0.39, 0.29) is 12.2 Å². The summed E-state index contributed by atoms with van der Waals surface area (Å²) in [6.07, 6.45) is 3.17. The molecule has 4 nitrogen and oxygen atoms in total. The van der Waals surface area contributed by atoms with Crippen LogP contribution in [0.3, 0.4) is 0 Å². The molecular weight excluding hydrogens is 288 g/mol. The van der Waals surface area contributed by atoms with Crippen LogP contribution in [-0.4, -0.2) is 30.3 Å². The van der Waals surface area contributed by atoms with Gasteiger partial charge in [0.2, 0.25) is 5.88 Å². The summed E-state index contributed by atoms with van der Waals surface area (Å²) in [4.78, 5) is 6.66. The van der Waals surface area contributed by atoms with Crippen molar-refractivity contribution in [3.05, 3.63) is 48.2 Å². The number of anilines is 1. The molecule has 0 unspecified atom stereocenters. The highest BCUT2D eigenvalue weighted by Gasteiger charge is 2.26. The SMILES string of the molecule is Cc1ccc(O[C@H]2CCN(c3ccccc3OC(C)C)C2)nc1. The van der Waals surface area contributed by atoms with E-state index in [1.807, 2.05) is 37.4 Å². The molecule has 0 N–H and O–H groups in total. The van der Waals surface area contributed by atoms with Crippen molar-refractivity contribution in [3.8, 4) is 11.6 Å². The van der Waals surface area contributed by atoms with E-state index >= 15 is 0 Å². The number of hydrogen-bond donors (Lipinski definition) is 0. The molecule has 23 heavy (non-hydrogen) atoms. The summed E-state index contributed by atoms with van der Waals surface area (Å²) >= 11 is 0. The zero-order valence-corrected chi connectivity index (χ0v) is 14.0. The van der Waals surface area contributed by atoms with Crippen LogP contribution in [0.2, 0.25) is 0 Å². The van der Waals surface area contributed by atoms with Gasteiger partial charge in [-0.3, -0.25) is 0 Å². The average molecular weight is 312 g/mol. The van der Waals surface area contributed by atoms with Crippen LogP contribution in [0.25, 0.3) is 0 Å². The number of ether oxygens (including phenoxy) is 2. The third-order valence-corrected chi connectivity index (χ3v) is 3.89. The third kappa shape index (κ3) is 3.95. The first-order valence-electron chi connectivity index (χ1n) is 8.22. The van der Waals surface area contributed by atoms with E-state index in [9.17, 15) is 0 Å². The molecule has 1 fully saturated rings. The van der Waals surface area contributed by atoms with E-state index in [1.54, 1.807) is 0 Å². The van der Waals surface area contributed by atoms with E-state index < -0.39 is 0 Å². The van der Waals surface area contributed by atoms with Gasteiger partial charge in [-0.2, -0.15) is 0 Å². The molecular formula is C19H24N2O2. The maximum Gasteiger partial charge on any atom is 0.213 e. The van der Waals surface area contributed by atoms with Crippen molar-refractivity contribution in [1.82, 2.24) is 4.98 Å². The minimum Gasteiger partial charge on any atom is -0.489 e. The highest BCUT2D eigenvalue weighted by molar-refractivity contribution is 5.59. The first-order valence-corrected chi connectivity index (χ1v) is 8.22. The van der Waals surface area contributed by atoms with Crippen molar-refractivity contribution in [3.63, 3.8) is 0 Å². The van der Waals surface area contributed by atoms with Gasteiger partial charge in [0.25, 0.3) is 0 Å². The van der Waals surface area contributed by atoms with Crippen molar-refractivity contribution in [1.29, 1.82) is 0 Å². The molecule has 0 bridgehead atoms. The van der Waals surface area contributed by atoms with Crippen LogP contribution in [-0.2, 0) is 0 Å². The lowest BCUT2D eigenvalue weighted by Gasteiger charge is -2.23. The number of benzene rings is 1. The van der Waals surface area contributed by atoms with Crippen molar-refractivity contribution in [2.45, 2.75) is 39.4 Å². The van der Waals surface area contributed by atoms with Crippen molar-refractivity contribution in [2.75, 3.05) is 18.0 Å². The van der Waals surface area contributed by atoms with Crippen LogP contribution in [0.1, 0.15) is 25.8 Å². The van der Waals surface area contributed by atoms with Crippen LogP contribution in [0, 0.1) is 6.92 Å². The molecule has 1 aliphatic rings. The summed E-state index contributed by atoms with van der Waals surface area (Å²) in [7, 11) is 0. The summed E-state index contributed by atoms with van der Waals surface area (Å²) < 4.78 is 11.9. The fourth-order valence-electron chi connectivity index (χ4n) is 2.81. The molecule has 1 aromatic heterocycles. The smallest absolute Gasteiger partial charge is 0.213 e. The molecule has 4 heteroatoms. The summed E-state index contributed by atoms with van der Waals surface area (Å²) in [5.41, 5.74) is 2.29. The minimum atomic E-state index is 0.164. The molecule has 122 valence electrons. The zero-order valence-electron chi connectivity index (χ0n) is 14.0. The number of rotatable bonds is 5. The number of nitrogens with zero attached hydrogens (tertiary/aromatic N) is 2. The van der Waals surface area contributed by atoms with Crippen molar-refractivity contribution < 1.29 is 9.47 Å². The number of aryl methyl sites for hydroxylation is 1. The largest absolute Gasteiger partial charge is 0.489 e. The predicted molar refractivity (Wildman–Crippen MR) is 92.4 cm³/mol. The predicted octanol–water partition coefficient (Wildman–Crippen LogP) is 3.83. The minimum absolute atomic E-state index is 0.164. The molecule has 3 rings (SSSR count). The van der Waals surface area contributed by atoms with Crippen LogP contribution in [0.4, 0.5) is 5.69 Å². The van der Waals surface area contributed by atoms with Gasteiger partial charge in [0.1, 0.15) is 11.9 Å². The van der Waals surface area contributed by atoms with Gasteiger partial charge in [0.15, 0.2) is 0 Å². The Labute approximate surface area is 138 Å². The van der Waals surface area contributed by atoms with Gasteiger partial charge in [-0.1, -0.05) is 18.2 Å². The number of para-hydroxylation sites is 2. The maximum atomic E-state index is 6.01. The summed E-state index contributed by atoms with van der Waals surface area (Å²) in [6.45, 7) is 7.95. The molecule has 0 aliphatic carbocycles. The molecule has 1 saturated heterocycles. The fraction of sp³-hybridized carbons (Fsp3) is 0.421. The molecule has 2 aromatic rings. The summed E-state index contributed by atoms with van der Waals surface area (Å²) in [5.74, 6) is 1.64. The molecule has 0 amide bonds. The van der Waals surface area contributed by atoms with Gasteiger partial charge < -0.3 is 14.4 Å². The van der Waals surface area contributed by atoms with Gasteiger partial charge in [-0.15, -0.1) is 0 Å². The second-order valence-electron chi connectivity index (χ2n) is 6.28. The topological polar surface area (TPSA) is 34.6 Å². The van der Waals surface area contributed by atoms with Crippen LogP contribution in [0.15, 0.2) is 42.6 Å². The first kappa shape index (κ1) is 15.7. The highest BCUT2D eigenvalue weighted by atomic mass is 16.5. The number of pyridine rings is 1. The summed E-state index contributed by atoms with van der Waals surface area (Å²) in [5, 5.41) is 0. The van der Waals surface area contributed by atoms with Gasteiger partial charge in [-0.05, 0) is 38.5 Å². The Kier molecular flexibility index (Phi) is 4.70. The molecule has 0 saturated carbocycles. The lowest BCUT2D eigenvalue weighted by molar-refractivity contribution is 0.215. The second kappa shape index (κ2) is 6.90. The lowest BCUT2D eigenvalue weighted by Crippen LogP contribution is -2.25.